The van der Waals surface area contributed by atoms with Gasteiger partial charge in [0.15, 0.2) is 5.84 Å². The van der Waals surface area contributed by atoms with Crippen LogP contribution in [0.1, 0.15) is 32.6 Å². The Morgan fingerprint density at radius 3 is 2.85 bits per heavy atom. The second kappa shape index (κ2) is 5.07. The van der Waals surface area contributed by atoms with E-state index in [-0.39, 0.29) is 11.9 Å². The van der Waals surface area contributed by atoms with Crippen molar-refractivity contribution in [3.63, 3.8) is 0 Å². The van der Waals surface area contributed by atoms with Crippen molar-refractivity contribution in [2.75, 3.05) is 6.61 Å². The fourth-order valence-corrected chi connectivity index (χ4v) is 1.26. The third-order valence-electron chi connectivity index (χ3n) is 2.36. The molecule has 0 bridgehead atoms. The molecule has 1 rings (SSSR count). The van der Waals surface area contributed by atoms with E-state index in [1.54, 1.807) is 0 Å². The number of nitrogens with zero attached hydrogens (tertiary/aromatic N) is 1. The second-order valence-corrected chi connectivity index (χ2v) is 3.52. The van der Waals surface area contributed by atoms with Gasteiger partial charge in [0.05, 0.1) is 0 Å². The SMILES string of the molecule is CCC(OCCC1CC1)C(N)=NO. The average Bonchev–Trinajstić information content (AvgIpc) is 2.95. The maximum atomic E-state index is 8.44. The van der Waals surface area contributed by atoms with Gasteiger partial charge in [-0.25, -0.2) is 0 Å². The zero-order valence-corrected chi connectivity index (χ0v) is 8.07. The van der Waals surface area contributed by atoms with E-state index >= 15 is 0 Å². The molecule has 4 heteroatoms. The van der Waals surface area contributed by atoms with Crippen LogP contribution >= 0.6 is 0 Å². The van der Waals surface area contributed by atoms with Crippen LogP contribution in [0, 0.1) is 5.92 Å². The standard InChI is InChI=1S/C9H18N2O2/c1-2-8(9(10)11-12)13-6-5-7-3-4-7/h7-8,12H,2-6H2,1H3,(H2,10,11). The Morgan fingerprint density at radius 2 is 2.38 bits per heavy atom. The van der Waals surface area contributed by atoms with Crippen molar-refractivity contribution < 1.29 is 9.94 Å². The predicted molar refractivity (Wildman–Crippen MR) is 50.8 cm³/mol. The number of amidine groups is 1. The molecule has 13 heavy (non-hydrogen) atoms. The molecular formula is C9H18N2O2. The summed E-state index contributed by atoms with van der Waals surface area (Å²) < 4.78 is 5.48. The molecule has 0 heterocycles. The number of hydrogen-bond acceptors (Lipinski definition) is 3. The molecule has 0 saturated heterocycles. The average molecular weight is 186 g/mol. The van der Waals surface area contributed by atoms with Gasteiger partial charge in [-0.15, -0.1) is 0 Å². The maximum absolute atomic E-state index is 8.44. The zero-order chi connectivity index (χ0) is 9.68. The third kappa shape index (κ3) is 3.63. The van der Waals surface area contributed by atoms with Gasteiger partial charge in [-0.1, -0.05) is 24.9 Å². The third-order valence-corrected chi connectivity index (χ3v) is 2.36. The molecule has 1 fully saturated rings. The van der Waals surface area contributed by atoms with Gasteiger partial charge >= 0.3 is 0 Å². The Hall–Kier alpha value is -0.770. The lowest BCUT2D eigenvalue weighted by Gasteiger charge is -2.13. The van der Waals surface area contributed by atoms with E-state index in [1.165, 1.54) is 12.8 Å². The van der Waals surface area contributed by atoms with Crippen LogP contribution in [-0.2, 0) is 4.74 Å². The summed E-state index contributed by atoms with van der Waals surface area (Å²) in [6.07, 6.45) is 4.31. The Balaban J connectivity index is 2.14. The maximum Gasteiger partial charge on any atom is 0.168 e. The van der Waals surface area contributed by atoms with E-state index in [0.29, 0.717) is 0 Å². The molecule has 0 aromatic carbocycles. The van der Waals surface area contributed by atoms with E-state index in [1.807, 2.05) is 6.92 Å². The molecule has 0 aromatic rings. The highest BCUT2D eigenvalue weighted by Gasteiger charge is 2.21. The Morgan fingerprint density at radius 1 is 1.69 bits per heavy atom. The fourth-order valence-electron chi connectivity index (χ4n) is 1.26. The summed E-state index contributed by atoms with van der Waals surface area (Å²) >= 11 is 0. The van der Waals surface area contributed by atoms with Crippen molar-refractivity contribution in [1.82, 2.24) is 0 Å². The first-order valence-corrected chi connectivity index (χ1v) is 4.87. The molecule has 0 spiro atoms. The Kier molecular flexibility index (Phi) is 4.02. The topological polar surface area (TPSA) is 67.8 Å². The number of oxime groups is 1. The molecule has 4 nitrogen and oxygen atoms in total. The van der Waals surface area contributed by atoms with Crippen LogP contribution in [-0.4, -0.2) is 23.8 Å². The largest absolute Gasteiger partial charge is 0.409 e. The second-order valence-electron chi connectivity index (χ2n) is 3.52. The molecule has 1 aliphatic rings. The molecule has 1 atom stereocenters. The minimum absolute atomic E-state index is 0.179. The lowest BCUT2D eigenvalue weighted by atomic mass is 10.2. The summed E-state index contributed by atoms with van der Waals surface area (Å²) in [7, 11) is 0. The van der Waals surface area contributed by atoms with Gasteiger partial charge in [0.2, 0.25) is 0 Å². The number of ether oxygens (including phenoxy) is 1. The number of rotatable bonds is 6. The first-order chi connectivity index (χ1) is 6.27. The van der Waals surface area contributed by atoms with E-state index in [4.69, 9.17) is 15.7 Å². The van der Waals surface area contributed by atoms with Crippen LogP contribution in [0.3, 0.4) is 0 Å². The minimum Gasteiger partial charge on any atom is -0.409 e. The summed E-state index contributed by atoms with van der Waals surface area (Å²) in [5, 5.41) is 11.4. The normalized spacial score (nSPS) is 20.2. The first-order valence-electron chi connectivity index (χ1n) is 4.87. The van der Waals surface area contributed by atoms with Crippen molar-refractivity contribution in [2.24, 2.45) is 16.8 Å². The highest BCUT2D eigenvalue weighted by atomic mass is 16.5. The van der Waals surface area contributed by atoms with Crippen LogP contribution in [0.25, 0.3) is 0 Å². The first kappa shape index (κ1) is 10.3. The highest BCUT2D eigenvalue weighted by molar-refractivity contribution is 5.84. The molecular weight excluding hydrogens is 168 g/mol. The van der Waals surface area contributed by atoms with Crippen molar-refractivity contribution in [1.29, 1.82) is 0 Å². The van der Waals surface area contributed by atoms with E-state index in [9.17, 15) is 0 Å². The van der Waals surface area contributed by atoms with E-state index in [0.717, 1.165) is 25.4 Å². The minimum atomic E-state index is -0.219. The summed E-state index contributed by atoms with van der Waals surface area (Å²) in [5.74, 6) is 1.04. The molecule has 3 N–H and O–H groups in total. The Labute approximate surface area is 78.7 Å². The molecule has 0 aromatic heterocycles. The van der Waals surface area contributed by atoms with Crippen LogP contribution in [0.2, 0.25) is 0 Å². The van der Waals surface area contributed by atoms with Crippen LogP contribution in [0.15, 0.2) is 5.16 Å². The van der Waals surface area contributed by atoms with Gasteiger partial charge in [-0.05, 0) is 18.8 Å². The number of nitrogens with two attached hydrogens (primary N) is 1. The van der Waals surface area contributed by atoms with Gasteiger partial charge in [-0.2, -0.15) is 0 Å². The molecule has 1 unspecified atom stereocenters. The smallest absolute Gasteiger partial charge is 0.168 e. The van der Waals surface area contributed by atoms with Crippen molar-refractivity contribution >= 4 is 5.84 Å². The summed E-state index contributed by atoms with van der Waals surface area (Å²) in [6.45, 7) is 2.68. The molecule has 76 valence electrons. The van der Waals surface area contributed by atoms with Gasteiger partial charge < -0.3 is 15.7 Å². The van der Waals surface area contributed by atoms with Crippen molar-refractivity contribution in [2.45, 2.75) is 38.7 Å². The fraction of sp³-hybridized carbons (Fsp3) is 0.889. The van der Waals surface area contributed by atoms with Crippen LogP contribution < -0.4 is 5.73 Å². The monoisotopic (exact) mass is 186 g/mol. The molecule has 0 amide bonds. The van der Waals surface area contributed by atoms with Gasteiger partial charge in [0, 0.05) is 6.61 Å². The molecule has 1 saturated carbocycles. The summed E-state index contributed by atoms with van der Waals surface area (Å²) in [6, 6.07) is 0. The molecule has 0 aliphatic heterocycles. The lowest BCUT2D eigenvalue weighted by Crippen LogP contribution is -2.31. The van der Waals surface area contributed by atoms with E-state index in [2.05, 4.69) is 5.16 Å². The van der Waals surface area contributed by atoms with Crippen LogP contribution in [0.5, 0.6) is 0 Å². The van der Waals surface area contributed by atoms with E-state index < -0.39 is 0 Å². The van der Waals surface area contributed by atoms with Crippen molar-refractivity contribution in [3.8, 4) is 0 Å². The van der Waals surface area contributed by atoms with Gasteiger partial charge in [0.1, 0.15) is 6.10 Å². The Bertz CT molecular complexity index is 178. The quantitative estimate of drug-likeness (QED) is 0.284. The summed E-state index contributed by atoms with van der Waals surface area (Å²) in [4.78, 5) is 0. The highest BCUT2D eigenvalue weighted by Crippen LogP contribution is 2.32. The van der Waals surface area contributed by atoms with Crippen molar-refractivity contribution in [3.05, 3.63) is 0 Å². The number of hydrogen-bond donors (Lipinski definition) is 2. The van der Waals surface area contributed by atoms with Gasteiger partial charge in [0.25, 0.3) is 0 Å². The van der Waals surface area contributed by atoms with Crippen LogP contribution in [0.4, 0.5) is 0 Å². The summed E-state index contributed by atoms with van der Waals surface area (Å²) in [5.41, 5.74) is 5.44. The molecule has 0 radical (unpaired) electrons. The lowest BCUT2D eigenvalue weighted by molar-refractivity contribution is 0.0870. The van der Waals surface area contributed by atoms with Gasteiger partial charge in [-0.3, -0.25) is 0 Å². The molecule has 1 aliphatic carbocycles. The predicted octanol–water partition coefficient (Wildman–Crippen LogP) is 1.33. The zero-order valence-electron chi connectivity index (χ0n) is 8.07.